The molecule has 2 heteroatoms. The van der Waals surface area contributed by atoms with Crippen LogP contribution in [-0.4, -0.2) is 6.04 Å². The highest BCUT2D eigenvalue weighted by molar-refractivity contribution is 4.68. The van der Waals surface area contributed by atoms with Gasteiger partial charge in [-0.25, -0.2) is 0 Å². The van der Waals surface area contributed by atoms with Gasteiger partial charge in [-0.3, -0.25) is 11.3 Å². The summed E-state index contributed by atoms with van der Waals surface area (Å²) in [5.41, 5.74) is 3.10. The first kappa shape index (κ1) is 8.92. The van der Waals surface area contributed by atoms with E-state index in [1.54, 1.807) is 0 Å². The second-order valence-corrected chi connectivity index (χ2v) is 3.83. The Labute approximate surface area is 57.8 Å². The molecule has 3 N–H and O–H groups in total. The highest BCUT2D eigenvalue weighted by atomic mass is 15.2. The van der Waals surface area contributed by atoms with E-state index >= 15 is 0 Å². The summed E-state index contributed by atoms with van der Waals surface area (Å²) in [6.45, 7) is 8.72. The Morgan fingerprint density at radius 2 is 1.89 bits per heavy atom. The lowest BCUT2D eigenvalue weighted by Crippen LogP contribution is -2.35. The quantitative estimate of drug-likeness (QED) is 0.436. The van der Waals surface area contributed by atoms with Crippen molar-refractivity contribution in [2.24, 2.45) is 11.3 Å². The minimum Gasteiger partial charge on any atom is -0.271 e. The number of hydrogen-bond acceptors (Lipinski definition) is 2. The second-order valence-electron chi connectivity index (χ2n) is 3.83. The third kappa shape index (κ3) is 5.80. The fraction of sp³-hybridized carbons (Fsp3) is 1.00. The molecular formula is C7H18N2. The molecule has 0 aromatic rings. The van der Waals surface area contributed by atoms with Gasteiger partial charge in [0.25, 0.3) is 0 Å². The van der Waals surface area contributed by atoms with Gasteiger partial charge in [0.1, 0.15) is 0 Å². The second kappa shape index (κ2) is 3.18. The molecule has 0 spiro atoms. The maximum Gasteiger partial charge on any atom is 0.0187 e. The predicted molar refractivity (Wildman–Crippen MR) is 40.9 cm³/mol. The molecule has 0 rings (SSSR count). The molecule has 0 saturated carbocycles. The Morgan fingerprint density at radius 3 is 2.00 bits per heavy atom. The molecule has 0 aromatic heterocycles. The van der Waals surface area contributed by atoms with E-state index in [-0.39, 0.29) is 0 Å². The van der Waals surface area contributed by atoms with Crippen LogP contribution in [0.5, 0.6) is 0 Å². The third-order valence-electron chi connectivity index (χ3n) is 1.20. The molecule has 0 aromatic carbocycles. The van der Waals surface area contributed by atoms with Gasteiger partial charge in [0.05, 0.1) is 0 Å². The number of hydrogen-bond donors (Lipinski definition) is 2. The molecule has 0 radical (unpaired) electrons. The zero-order chi connectivity index (χ0) is 7.49. The summed E-state index contributed by atoms with van der Waals surface area (Å²) in [5.74, 6) is 5.23. The normalized spacial score (nSPS) is 15.7. The monoisotopic (exact) mass is 130 g/mol. The SMILES string of the molecule is CC(CC(C)(C)C)NN. The Kier molecular flexibility index (Phi) is 3.15. The summed E-state index contributed by atoms with van der Waals surface area (Å²) >= 11 is 0. The van der Waals surface area contributed by atoms with Crippen molar-refractivity contribution >= 4 is 0 Å². The smallest absolute Gasteiger partial charge is 0.0187 e. The molecule has 0 fully saturated rings. The van der Waals surface area contributed by atoms with Crippen LogP contribution >= 0.6 is 0 Å². The molecule has 0 saturated heterocycles. The zero-order valence-corrected chi connectivity index (χ0v) is 6.86. The van der Waals surface area contributed by atoms with Crippen LogP contribution in [0.2, 0.25) is 0 Å². The standard InChI is InChI=1S/C7H18N2/c1-6(9-8)5-7(2,3)4/h6,9H,5,8H2,1-4H3. The lowest BCUT2D eigenvalue weighted by molar-refractivity contribution is 0.321. The van der Waals surface area contributed by atoms with Crippen molar-refractivity contribution in [3.8, 4) is 0 Å². The van der Waals surface area contributed by atoms with Crippen molar-refractivity contribution in [1.82, 2.24) is 5.43 Å². The van der Waals surface area contributed by atoms with E-state index in [0.717, 1.165) is 6.42 Å². The highest BCUT2D eigenvalue weighted by Gasteiger charge is 2.13. The van der Waals surface area contributed by atoms with Crippen LogP contribution in [0, 0.1) is 5.41 Å². The number of nitrogens with one attached hydrogen (secondary N) is 1. The summed E-state index contributed by atoms with van der Waals surface area (Å²) in [7, 11) is 0. The molecule has 9 heavy (non-hydrogen) atoms. The molecule has 0 amide bonds. The number of nitrogens with two attached hydrogens (primary N) is 1. The highest BCUT2D eigenvalue weighted by Crippen LogP contribution is 2.19. The molecule has 0 aliphatic rings. The van der Waals surface area contributed by atoms with E-state index in [1.165, 1.54) is 0 Å². The zero-order valence-electron chi connectivity index (χ0n) is 6.86. The fourth-order valence-electron chi connectivity index (χ4n) is 0.977. The van der Waals surface area contributed by atoms with Crippen LogP contribution in [0.4, 0.5) is 0 Å². The molecule has 0 heterocycles. The van der Waals surface area contributed by atoms with Crippen molar-refractivity contribution in [2.45, 2.75) is 40.2 Å². The van der Waals surface area contributed by atoms with Crippen LogP contribution in [-0.2, 0) is 0 Å². The van der Waals surface area contributed by atoms with Crippen molar-refractivity contribution in [3.05, 3.63) is 0 Å². The summed E-state index contributed by atoms with van der Waals surface area (Å²) in [4.78, 5) is 0. The molecule has 2 nitrogen and oxygen atoms in total. The van der Waals surface area contributed by atoms with Crippen LogP contribution in [0.25, 0.3) is 0 Å². The van der Waals surface area contributed by atoms with E-state index < -0.39 is 0 Å². The maximum absolute atomic E-state index is 5.23. The first-order valence-electron chi connectivity index (χ1n) is 3.42. The maximum atomic E-state index is 5.23. The summed E-state index contributed by atoms with van der Waals surface area (Å²) < 4.78 is 0. The van der Waals surface area contributed by atoms with Crippen molar-refractivity contribution < 1.29 is 0 Å². The van der Waals surface area contributed by atoms with Crippen LogP contribution in [0.15, 0.2) is 0 Å². The summed E-state index contributed by atoms with van der Waals surface area (Å²) in [5, 5.41) is 0. The number of hydrazine groups is 1. The first-order chi connectivity index (χ1) is 3.95. The van der Waals surface area contributed by atoms with Gasteiger partial charge in [-0.15, -0.1) is 0 Å². The van der Waals surface area contributed by atoms with E-state index in [0.29, 0.717) is 11.5 Å². The molecular weight excluding hydrogens is 112 g/mol. The topological polar surface area (TPSA) is 38.0 Å². The van der Waals surface area contributed by atoms with Crippen molar-refractivity contribution in [1.29, 1.82) is 0 Å². The van der Waals surface area contributed by atoms with Crippen LogP contribution < -0.4 is 11.3 Å². The predicted octanol–water partition coefficient (Wildman–Crippen LogP) is 1.27. The minimum atomic E-state index is 0.381. The lowest BCUT2D eigenvalue weighted by atomic mass is 9.89. The summed E-state index contributed by atoms with van der Waals surface area (Å²) in [6, 6.07) is 0.421. The van der Waals surface area contributed by atoms with Crippen molar-refractivity contribution in [3.63, 3.8) is 0 Å². The van der Waals surface area contributed by atoms with Crippen LogP contribution in [0.1, 0.15) is 34.1 Å². The van der Waals surface area contributed by atoms with Gasteiger partial charge < -0.3 is 0 Å². The van der Waals surface area contributed by atoms with E-state index in [2.05, 4.69) is 33.1 Å². The Morgan fingerprint density at radius 1 is 1.44 bits per heavy atom. The third-order valence-corrected chi connectivity index (χ3v) is 1.20. The lowest BCUT2D eigenvalue weighted by Gasteiger charge is -2.22. The molecule has 0 bridgehead atoms. The molecule has 56 valence electrons. The fourth-order valence-corrected chi connectivity index (χ4v) is 0.977. The van der Waals surface area contributed by atoms with E-state index in [4.69, 9.17) is 5.84 Å². The number of rotatable bonds is 2. The van der Waals surface area contributed by atoms with E-state index in [9.17, 15) is 0 Å². The van der Waals surface area contributed by atoms with Crippen LogP contribution in [0.3, 0.4) is 0 Å². The molecule has 1 atom stereocenters. The van der Waals surface area contributed by atoms with Gasteiger partial charge >= 0.3 is 0 Å². The van der Waals surface area contributed by atoms with Crippen molar-refractivity contribution in [2.75, 3.05) is 0 Å². The minimum absolute atomic E-state index is 0.381. The Hall–Kier alpha value is -0.0800. The average Bonchev–Trinajstić information content (AvgIpc) is 1.62. The Bertz CT molecular complexity index is 73.5. The molecule has 0 aliphatic carbocycles. The van der Waals surface area contributed by atoms with Gasteiger partial charge in [0, 0.05) is 6.04 Å². The largest absolute Gasteiger partial charge is 0.271 e. The first-order valence-corrected chi connectivity index (χ1v) is 3.42. The molecule has 0 aliphatic heterocycles. The van der Waals surface area contributed by atoms with Gasteiger partial charge in [-0.05, 0) is 18.8 Å². The van der Waals surface area contributed by atoms with E-state index in [1.807, 2.05) is 0 Å². The summed E-state index contributed by atoms with van der Waals surface area (Å²) in [6.07, 6.45) is 1.11. The van der Waals surface area contributed by atoms with Gasteiger partial charge in [-0.1, -0.05) is 20.8 Å². The average molecular weight is 130 g/mol. The van der Waals surface area contributed by atoms with Gasteiger partial charge in [0.2, 0.25) is 0 Å². The molecule has 1 unspecified atom stereocenters. The Balaban J connectivity index is 3.47. The van der Waals surface area contributed by atoms with Gasteiger partial charge in [0.15, 0.2) is 0 Å². The van der Waals surface area contributed by atoms with Gasteiger partial charge in [-0.2, -0.15) is 0 Å².